The molecule has 0 radical (unpaired) electrons. The Morgan fingerprint density at radius 3 is 3.00 bits per heavy atom. The normalized spacial score (nSPS) is 35.4. The second kappa shape index (κ2) is 3.97. The Morgan fingerprint density at radius 2 is 2.30 bits per heavy atom. The zero-order valence-electron chi connectivity index (χ0n) is 7.10. The van der Waals surface area contributed by atoms with Gasteiger partial charge in [-0.05, 0) is 24.7 Å². The van der Waals surface area contributed by atoms with E-state index in [0.717, 1.165) is 25.0 Å². The summed E-state index contributed by atoms with van der Waals surface area (Å²) < 4.78 is 5.47. The number of hydrogen-bond acceptors (Lipinski definition) is 1. The first-order valence-corrected chi connectivity index (χ1v) is 4.42. The third-order valence-electron chi connectivity index (χ3n) is 2.61. The van der Waals surface area contributed by atoms with Gasteiger partial charge in [-0.3, -0.25) is 0 Å². The van der Waals surface area contributed by atoms with Crippen molar-refractivity contribution in [1.82, 2.24) is 0 Å². The molecule has 1 aliphatic heterocycles. The van der Waals surface area contributed by atoms with Crippen LogP contribution in [0.5, 0.6) is 0 Å². The molecule has 1 nitrogen and oxygen atoms in total. The minimum absolute atomic E-state index is 0.822. The van der Waals surface area contributed by atoms with E-state index in [0.29, 0.717) is 0 Å². The second-order valence-electron chi connectivity index (χ2n) is 3.36. The molecule has 1 saturated heterocycles. The Labute approximate surface area is 63.8 Å². The highest BCUT2D eigenvalue weighted by Gasteiger charge is 2.17. The topological polar surface area (TPSA) is 9.23 Å². The first-order chi connectivity index (χ1) is 4.84. The van der Waals surface area contributed by atoms with Crippen LogP contribution in [0.3, 0.4) is 0 Å². The largest absolute Gasteiger partial charge is 0.381 e. The van der Waals surface area contributed by atoms with Gasteiger partial charge < -0.3 is 4.74 Å². The van der Waals surface area contributed by atoms with Gasteiger partial charge in [0.1, 0.15) is 0 Å². The van der Waals surface area contributed by atoms with Crippen molar-refractivity contribution in [2.24, 2.45) is 11.8 Å². The maximum Gasteiger partial charge on any atom is 0.0496 e. The van der Waals surface area contributed by atoms with E-state index < -0.39 is 0 Å². The first kappa shape index (κ1) is 8.06. The molecule has 0 aromatic rings. The molecule has 1 fully saturated rings. The molecular weight excluding hydrogens is 124 g/mol. The van der Waals surface area contributed by atoms with Crippen LogP contribution in [0.4, 0.5) is 0 Å². The fourth-order valence-electron chi connectivity index (χ4n) is 1.66. The molecule has 1 heteroatoms. The van der Waals surface area contributed by atoms with Gasteiger partial charge in [-0.1, -0.05) is 20.3 Å². The molecule has 2 atom stereocenters. The zero-order valence-corrected chi connectivity index (χ0v) is 7.10. The highest BCUT2D eigenvalue weighted by molar-refractivity contribution is 4.67. The summed E-state index contributed by atoms with van der Waals surface area (Å²) >= 11 is 0. The molecule has 60 valence electrons. The lowest BCUT2D eigenvalue weighted by Crippen LogP contribution is -2.13. The van der Waals surface area contributed by atoms with Gasteiger partial charge in [-0.25, -0.2) is 0 Å². The van der Waals surface area contributed by atoms with Crippen molar-refractivity contribution in [3.8, 4) is 0 Å². The van der Waals surface area contributed by atoms with Crippen molar-refractivity contribution in [3.05, 3.63) is 0 Å². The monoisotopic (exact) mass is 142 g/mol. The fraction of sp³-hybridized carbons (Fsp3) is 1.00. The molecule has 0 amide bonds. The Kier molecular flexibility index (Phi) is 3.20. The summed E-state index contributed by atoms with van der Waals surface area (Å²) in [4.78, 5) is 0. The lowest BCUT2D eigenvalue weighted by Gasteiger charge is -2.17. The molecule has 1 aliphatic rings. The SMILES string of the molecule is CCC1COCCCC1C. The molecular formula is C9H18O. The number of rotatable bonds is 1. The van der Waals surface area contributed by atoms with Crippen molar-refractivity contribution in [1.29, 1.82) is 0 Å². The van der Waals surface area contributed by atoms with E-state index in [1.807, 2.05) is 0 Å². The highest BCUT2D eigenvalue weighted by atomic mass is 16.5. The van der Waals surface area contributed by atoms with E-state index >= 15 is 0 Å². The predicted molar refractivity (Wildman–Crippen MR) is 43.0 cm³/mol. The predicted octanol–water partition coefficient (Wildman–Crippen LogP) is 2.46. The van der Waals surface area contributed by atoms with Crippen LogP contribution in [0.25, 0.3) is 0 Å². The standard InChI is InChI=1S/C9H18O/c1-3-9-7-10-6-4-5-8(9)2/h8-9H,3-7H2,1-2H3. The zero-order chi connectivity index (χ0) is 7.40. The summed E-state index contributed by atoms with van der Waals surface area (Å²) in [5.41, 5.74) is 0. The van der Waals surface area contributed by atoms with Gasteiger partial charge in [0, 0.05) is 13.2 Å². The second-order valence-corrected chi connectivity index (χ2v) is 3.36. The van der Waals surface area contributed by atoms with Gasteiger partial charge in [-0.15, -0.1) is 0 Å². The van der Waals surface area contributed by atoms with E-state index in [4.69, 9.17) is 4.74 Å². The van der Waals surface area contributed by atoms with Crippen LogP contribution in [0.15, 0.2) is 0 Å². The quantitative estimate of drug-likeness (QED) is 0.546. The third kappa shape index (κ3) is 1.98. The van der Waals surface area contributed by atoms with Crippen LogP contribution >= 0.6 is 0 Å². The summed E-state index contributed by atoms with van der Waals surface area (Å²) in [5.74, 6) is 1.70. The lowest BCUT2D eigenvalue weighted by molar-refractivity contribution is 0.105. The van der Waals surface area contributed by atoms with E-state index in [1.54, 1.807) is 0 Å². The van der Waals surface area contributed by atoms with Crippen LogP contribution in [-0.4, -0.2) is 13.2 Å². The third-order valence-corrected chi connectivity index (χ3v) is 2.61. The molecule has 0 saturated carbocycles. The summed E-state index contributed by atoms with van der Waals surface area (Å²) in [5, 5.41) is 0. The Morgan fingerprint density at radius 1 is 1.50 bits per heavy atom. The molecule has 1 rings (SSSR count). The summed E-state index contributed by atoms with van der Waals surface area (Å²) in [7, 11) is 0. The summed E-state index contributed by atoms with van der Waals surface area (Å²) in [6, 6.07) is 0. The van der Waals surface area contributed by atoms with Crippen molar-refractivity contribution in [2.75, 3.05) is 13.2 Å². The minimum atomic E-state index is 0.822. The molecule has 10 heavy (non-hydrogen) atoms. The van der Waals surface area contributed by atoms with Crippen LogP contribution in [-0.2, 0) is 4.74 Å². The van der Waals surface area contributed by atoms with Crippen LogP contribution < -0.4 is 0 Å². The molecule has 1 heterocycles. The molecule has 2 unspecified atom stereocenters. The molecule has 0 aromatic carbocycles. The number of hydrogen-bond donors (Lipinski definition) is 0. The molecule has 0 aliphatic carbocycles. The maximum absolute atomic E-state index is 5.47. The van der Waals surface area contributed by atoms with E-state index in [2.05, 4.69) is 13.8 Å². The van der Waals surface area contributed by atoms with Crippen molar-refractivity contribution >= 4 is 0 Å². The van der Waals surface area contributed by atoms with Crippen molar-refractivity contribution < 1.29 is 4.74 Å². The first-order valence-electron chi connectivity index (χ1n) is 4.42. The molecule has 0 spiro atoms. The van der Waals surface area contributed by atoms with Gasteiger partial charge in [0.2, 0.25) is 0 Å². The van der Waals surface area contributed by atoms with Crippen LogP contribution in [0.2, 0.25) is 0 Å². The fourth-order valence-corrected chi connectivity index (χ4v) is 1.66. The van der Waals surface area contributed by atoms with Gasteiger partial charge in [0.15, 0.2) is 0 Å². The Bertz CT molecular complexity index is 90.7. The van der Waals surface area contributed by atoms with E-state index in [9.17, 15) is 0 Å². The lowest BCUT2D eigenvalue weighted by atomic mass is 9.90. The Balaban J connectivity index is 2.35. The number of ether oxygens (including phenoxy) is 1. The average Bonchev–Trinajstić information content (AvgIpc) is 2.13. The van der Waals surface area contributed by atoms with Crippen molar-refractivity contribution in [2.45, 2.75) is 33.1 Å². The summed E-state index contributed by atoms with van der Waals surface area (Å²) in [6.07, 6.45) is 3.90. The highest BCUT2D eigenvalue weighted by Crippen LogP contribution is 2.23. The summed E-state index contributed by atoms with van der Waals surface area (Å²) in [6.45, 7) is 6.59. The van der Waals surface area contributed by atoms with Crippen LogP contribution in [0, 0.1) is 11.8 Å². The molecule has 0 aromatic heterocycles. The van der Waals surface area contributed by atoms with Crippen LogP contribution in [0.1, 0.15) is 33.1 Å². The van der Waals surface area contributed by atoms with E-state index in [1.165, 1.54) is 19.3 Å². The smallest absolute Gasteiger partial charge is 0.0496 e. The minimum Gasteiger partial charge on any atom is -0.381 e. The van der Waals surface area contributed by atoms with Gasteiger partial charge in [0.05, 0.1) is 0 Å². The Hall–Kier alpha value is -0.0400. The van der Waals surface area contributed by atoms with Crippen molar-refractivity contribution in [3.63, 3.8) is 0 Å². The van der Waals surface area contributed by atoms with Gasteiger partial charge >= 0.3 is 0 Å². The maximum atomic E-state index is 5.47. The molecule has 0 N–H and O–H groups in total. The van der Waals surface area contributed by atoms with E-state index in [-0.39, 0.29) is 0 Å². The van der Waals surface area contributed by atoms with Gasteiger partial charge in [-0.2, -0.15) is 0 Å². The van der Waals surface area contributed by atoms with Gasteiger partial charge in [0.25, 0.3) is 0 Å². The molecule has 0 bridgehead atoms. The average molecular weight is 142 g/mol.